The Hall–Kier alpha value is -1.29. The molecule has 0 aliphatic rings. The van der Waals surface area contributed by atoms with E-state index in [1.165, 1.54) is 0 Å². The van der Waals surface area contributed by atoms with Gasteiger partial charge in [-0.1, -0.05) is 53.5 Å². The number of aliphatic hydroxyl groups is 1. The van der Waals surface area contributed by atoms with Crippen molar-refractivity contribution in [2.45, 2.75) is 38.9 Å². The molecule has 0 radical (unpaired) electrons. The molecule has 22 heavy (non-hydrogen) atoms. The number of halogens is 1. The first kappa shape index (κ1) is 17.1. The molecule has 116 valence electrons. The molecule has 4 heteroatoms. The van der Waals surface area contributed by atoms with Gasteiger partial charge in [0.2, 0.25) is 0 Å². The zero-order chi connectivity index (χ0) is 16.4. The SMILES string of the molecule is CC(C)(O)C(C)(C)OBc1ccc(-c2ccc(Cl)cc2)cc1. The lowest BCUT2D eigenvalue weighted by atomic mass is 9.82. The van der Waals surface area contributed by atoms with Gasteiger partial charge in [0.05, 0.1) is 11.2 Å². The van der Waals surface area contributed by atoms with Gasteiger partial charge in [0, 0.05) is 5.02 Å². The quantitative estimate of drug-likeness (QED) is 0.855. The van der Waals surface area contributed by atoms with E-state index in [0.717, 1.165) is 21.6 Å². The van der Waals surface area contributed by atoms with Gasteiger partial charge < -0.3 is 9.76 Å². The fraction of sp³-hybridized carbons (Fsp3) is 0.333. The monoisotopic (exact) mass is 316 g/mol. The Labute approximate surface area is 138 Å². The van der Waals surface area contributed by atoms with Crippen LogP contribution in [0.5, 0.6) is 0 Å². The van der Waals surface area contributed by atoms with Crippen LogP contribution in [0.25, 0.3) is 11.1 Å². The summed E-state index contributed by atoms with van der Waals surface area (Å²) in [4.78, 5) is 0. The Bertz CT molecular complexity index is 613. The minimum absolute atomic E-state index is 0.470. The van der Waals surface area contributed by atoms with Crippen molar-refractivity contribution in [3.63, 3.8) is 0 Å². The summed E-state index contributed by atoms with van der Waals surface area (Å²) in [5.74, 6) is 0. The van der Waals surface area contributed by atoms with Crippen molar-refractivity contribution in [2.24, 2.45) is 0 Å². The molecular weight excluding hydrogens is 294 g/mol. The van der Waals surface area contributed by atoms with E-state index in [1.54, 1.807) is 13.8 Å². The van der Waals surface area contributed by atoms with Crippen LogP contribution in [-0.4, -0.2) is 23.8 Å². The molecule has 0 aromatic heterocycles. The summed E-state index contributed by atoms with van der Waals surface area (Å²) in [6, 6.07) is 16.0. The lowest BCUT2D eigenvalue weighted by Crippen LogP contribution is -2.49. The normalized spacial score (nSPS) is 12.3. The lowest BCUT2D eigenvalue weighted by molar-refractivity contribution is -0.0893. The van der Waals surface area contributed by atoms with Gasteiger partial charge in [0.15, 0.2) is 0 Å². The van der Waals surface area contributed by atoms with Crippen LogP contribution in [-0.2, 0) is 4.65 Å². The molecule has 0 saturated carbocycles. The zero-order valence-corrected chi connectivity index (χ0v) is 14.3. The number of hydrogen-bond acceptors (Lipinski definition) is 2. The highest BCUT2D eigenvalue weighted by atomic mass is 35.5. The van der Waals surface area contributed by atoms with Gasteiger partial charge in [-0.05, 0) is 51.0 Å². The maximum atomic E-state index is 10.1. The second-order valence-electron chi connectivity index (χ2n) is 6.56. The summed E-state index contributed by atoms with van der Waals surface area (Å²) in [5, 5.41) is 10.8. The summed E-state index contributed by atoms with van der Waals surface area (Å²) >= 11 is 5.91. The fourth-order valence-corrected chi connectivity index (χ4v) is 2.00. The standard InChI is InChI=1S/C18H22BClO2/c1-17(2,21)18(3,4)22-19-15-9-5-13(6-10-15)14-7-11-16(20)12-8-14/h5-12,19,21H,1-4H3. The maximum absolute atomic E-state index is 10.1. The first-order valence-corrected chi connectivity index (χ1v) is 7.78. The van der Waals surface area contributed by atoms with Gasteiger partial charge in [-0.2, -0.15) is 0 Å². The fourth-order valence-electron chi connectivity index (χ4n) is 1.88. The molecule has 0 atom stereocenters. The van der Waals surface area contributed by atoms with Gasteiger partial charge >= 0.3 is 7.48 Å². The summed E-state index contributed by atoms with van der Waals surface area (Å²) < 4.78 is 5.87. The van der Waals surface area contributed by atoms with Crippen LogP contribution >= 0.6 is 11.6 Å². The van der Waals surface area contributed by atoms with Crippen LogP contribution in [0.4, 0.5) is 0 Å². The summed E-state index contributed by atoms with van der Waals surface area (Å²) in [5.41, 5.74) is 1.85. The Kier molecular flexibility index (Phi) is 5.01. The van der Waals surface area contributed by atoms with E-state index in [4.69, 9.17) is 16.3 Å². The molecule has 0 unspecified atom stereocenters. The molecule has 0 aliphatic heterocycles. The van der Waals surface area contributed by atoms with Crippen molar-refractivity contribution in [2.75, 3.05) is 0 Å². The zero-order valence-electron chi connectivity index (χ0n) is 13.6. The molecular formula is C18H22BClO2. The minimum Gasteiger partial charge on any atom is -0.427 e. The molecule has 2 aromatic rings. The summed E-state index contributed by atoms with van der Waals surface area (Å²) in [7, 11) is 0.470. The molecule has 2 nitrogen and oxygen atoms in total. The highest BCUT2D eigenvalue weighted by Gasteiger charge is 2.35. The van der Waals surface area contributed by atoms with Crippen LogP contribution in [0.2, 0.25) is 5.02 Å². The van der Waals surface area contributed by atoms with E-state index < -0.39 is 11.2 Å². The van der Waals surface area contributed by atoms with Crippen LogP contribution in [0.3, 0.4) is 0 Å². The van der Waals surface area contributed by atoms with Gasteiger partial charge in [-0.15, -0.1) is 0 Å². The van der Waals surface area contributed by atoms with Gasteiger partial charge in [0.25, 0.3) is 0 Å². The lowest BCUT2D eigenvalue weighted by Gasteiger charge is -2.37. The first-order chi connectivity index (χ1) is 10.2. The van der Waals surface area contributed by atoms with Crippen molar-refractivity contribution < 1.29 is 9.76 Å². The molecule has 2 aromatic carbocycles. The Morgan fingerprint density at radius 2 is 1.32 bits per heavy atom. The minimum atomic E-state index is -0.893. The number of hydrogen-bond donors (Lipinski definition) is 1. The third-order valence-corrected chi connectivity index (χ3v) is 4.46. The largest absolute Gasteiger partial charge is 0.427 e. The van der Waals surface area contributed by atoms with Crippen LogP contribution in [0, 0.1) is 0 Å². The van der Waals surface area contributed by atoms with E-state index in [-0.39, 0.29) is 0 Å². The second kappa shape index (κ2) is 6.45. The van der Waals surface area contributed by atoms with Crippen molar-refractivity contribution in [1.82, 2.24) is 0 Å². The molecule has 0 amide bonds. The number of rotatable bonds is 5. The summed E-state index contributed by atoms with van der Waals surface area (Å²) in [6.07, 6.45) is 0. The van der Waals surface area contributed by atoms with E-state index in [2.05, 4.69) is 12.1 Å². The van der Waals surface area contributed by atoms with Gasteiger partial charge in [-0.3, -0.25) is 0 Å². The third-order valence-electron chi connectivity index (χ3n) is 4.20. The third kappa shape index (κ3) is 4.13. The highest BCUT2D eigenvalue weighted by Crippen LogP contribution is 2.24. The van der Waals surface area contributed by atoms with Crippen molar-refractivity contribution in [3.05, 3.63) is 53.6 Å². The first-order valence-electron chi connectivity index (χ1n) is 7.40. The highest BCUT2D eigenvalue weighted by molar-refractivity contribution is 6.47. The smallest absolute Gasteiger partial charge is 0.309 e. The predicted molar refractivity (Wildman–Crippen MR) is 95.1 cm³/mol. The molecule has 0 saturated heterocycles. The molecule has 0 fully saturated rings. The number of benzene rings is 2. The Morgan fingerprint density at radius 1 is 0.864 bits per heavy atom. The van der Waals surface area contributed by atoms with E-state index in [0.29, 0.717) is 7.48 Å². The molecule has 0 aliphatic carbocycles. The predicted octanol–water partition coefficient (Wildman–Crippen LogP) is 3.55. The Balaban J connectivity index is 2.05. The van der Waals surface area contributed by atoms with Crippen LogP contribution < -0.4 is 5.46 Å². The molecule has 0 heterocycles. The van der Waals surface area contributed by atoms with Gasteiger partial charge in [-0.25, -0.2) is 0 Å². The van der Waals surface area contributed by atoms with Crippen molar-refractivity contribution in [3.8, 4) is 11.1 Å². The summed E-state index contributed by atoms with van der Waals surface area (Å²) in [6.45, 7) is 7.32. The molecule has 0 bridgehead atoms. The van der Waals surface area contributed by atoms with Crippen molar-refractivity contribution >= 4 is 24.5 Å². The van der Waals surface area contributed by atoms with Crippen LogP contribution in [0.15, 0.2) is 48.5 Å². The molecule has 2 rings (SSSR count). The molecule has 1 N–H and O–H groups in total. The van der Waals surface area contributed by atoms with Crippen LogP contribution in [0.1, 0.15) is 27.7 Å². The molecule has 0 spiro atoms. The van der Waals surface area contributed by atoms with E-state index in [9.17, 15) is 5.11 Å². The Morgan fingerprint density at radius 3 is 1.77 bits per heavy atom. The van der Waals surface area contributed by atoms with E-state index in [1.807, 2.05) is 50.2 Å². The topological polar surface area (TPSA) is 29.5 Å². The average molecular weight is 317 g/mol. The maximum Gasteiger partial charge on any atom is 0.309 e. The average Bonchev–Trinajstić information content (AvgIpc) is 2.45. The second-order valence-corrected chi connectivity index (χ2v) is 7.00. The van der Waals surface area contributed by atoms with Gasteiger partial charge in [0.1, 0.15) is 0 Å². The van der Waals surface area contributed by atoms with E-state index >= 15 is 0 Å². The van der Waals surface area contributed by atoms with Crippen molar-refractivity contribution in [1.29, 1.82) is 0 Å².